The highest BCUT2D eigenvalue weighted by Gasteiger charge is 2.52. The van der Waals surface area contributed by atoms with Gasteiger partial charge in [0.1, 0.15) is 11.3 Å². The summed E-state index contributed by atoms with van der Waals surface area (Å²) in [6.07, 6.45) is 1.73. The molecule has 0 saturated carbocycles. The van der Waals surface area contributed by atoms with E-state index in [1.54, 1.807) is 9.80 Å². The molecule has 3 atom stereocenters. The lowest BCUT2D eigenvalue weighted by atomic mass is 9.99. The molecule has 0 unspecified atom stereocenters. The minimum atomic E-state index is -2.89. The first-order valence-electron chi connectivity index (χ1n) is 15.9. The molecule has 2 aromatic carbocycles. The normalized spacial score (nSPS) is 19.8. The van der Waals surface area contributed by atoms with Gasteiger partial charge in [0.25, 0.3) is 14.2 Å². The van der Waals surface area contributed by atoms with Crippen LogP contribution in [0.1, 0.15) is 70.2 Å². The van der Waals surface area contributed by atoms with E-state index in [0.29, 0.717) is 25.2 Å². The lowest BCUT2D eigenvalue weighted by Gasteiger charge is -2.46. The fourth-order valence-electron chi connectivity index (χ4n) is 6.87. The summed E-state index contributed by atoms with van der Waals surface area (Å²) in [5.74, 6) is -0.196. The second-order valence-corrected chi connectivity index (χ2v) is 18.8. The number of ether oxygens (including phenoxy) is 1. The van der Waals surface area contributed by atoms with E-state index in [-0.39, 0.29) is 41.6 Å². The lowest BCUT2D eigenvalue weighted by Crippen LogP contribution is -2.68. The maximum Gasteiger partial charge on any atom is 0.410 e. The Kier molecular flexibility index (Phi) is 8.90. The van der Waals surface area contributed by atoms with Gasteiger partial charge in [0.15, 0.2) is 0 Å². The Labute approximate surface area is 269 Å². The number of hydrogen-bond acceptors (Lipinski definition) is 5. The fourth-order valence-corrected chi connectivity index (χ4v) is 11.6. The molecule has 0 fully saturated rings. The molecule has 0 saturated heterocycles. The van der Waals surface area contributed by atoms with Crippen LogP contribution in [0.15, 0.2) is 73.3 Å². The molecule has 0 bridgehead atoms. The van der Waals surface area contributed by atoms with Crippen molar-refractivity contribution in [1.82, 2.24) is 19.6 Å². The molecule has 8 nitrogen and oxygen atoms in total. The second kappa shape index (κ2) is 12.2. The summed E-state index contributed by atoms with van der Waals surface area (Å²) in [4.78, 5) is 30.6. The van der Waals surface area contributed by atoms with E-state index >= 15 is 0 Å². The topological polar surface area (TPSA) is 76.9 Å². The van der Waals surface area contributed by atoms with Gasteiger partial charge in [-0.15, -0.1) is 6.58 Å². The second-order valence-electron chi connectivity index (χ2n) is 14.5. The Morgan fingerprint density at radius 1 is 1.00 bits per heavy atom. The van der Waals surface area contributed by atoms with E-state index in [1.165, 1.54) is 10.4 Å². The van der Waals surface area contributed by atoms with Gasteiger partial charge in [-0.1, -0.05) is 87.5 Å². The van der Waals surface area contributed by atoms with Crippen molar-refractivity contribution < 1.29 is 18.8 Å². The van der Waals surface area contributed by atoms with Crippen molar-refractivity contribution in [3.8, 4) is 0 Å². The maximum absolute atomic E-state index is 14.0. The first kappa shape index (κ1) is 32.7. The van der Waals surface area contributed by atoms with Crippen molar-refractivity contribution >= 4 is 30.7 Å². The lowest BCUT2D eigenvalue weighted by molar-refractivity contribution is 0.0136. The van der Waals surface area contributed by atoms with Crippen LogP contribution in [-0.4, -0.2) is 71.2 Å². The third-order valence-corrected chi connectivity index (χ3v) is 14.0. The molecule has 0 spiro atoms. The molecule has 2 aliphatic heterocycles. The van der Waals surface area contributed by atoms with Gasteiger partial charge in [0.05, 0.1) is 18.3 Å². The number of aromatic nitrogens is 2. The van der Waals surface area contributed by atoms with Crippen LogP contribution in [0, 0.1) is 5.92 Å². The predicted molar refractivity (Wildman–Crippen MR) is 180 cm³/mol. The molecule has 1 aromatic heterocycles. The predicted octanol–water partition coefficient (Wildman–Crippen LogP) is 5.40. The van der Waals surface area contributed by atoms with Crippen LogP contribution < -0.4 is 10.4 Å². The zero-order valence-electron chi connectivity index (χ0n) is 28.0. The molecule has 9 heteroatoms. The summed E-state index contributed by atoms with van der Waals surface area (Å²) in [6, 6.07) is 21.0. The van der Waals surface area contributed by atoms with Crippen molar-refractivity contribution in [3.63, 3.8) is 0 Å². The standard InChI is InChI=1S/C36H48N4O4Si/c1-10-31(44-45(36(6,7)8,27-17-13-11-14-18-27)28-19-15-12-16-20-28)26-22-38(9)33(41)32-29-24-39(34(42)43-35(3,4)5)25(2)21-30(29)37-40(32)23-26/h10-20,25-26,31H,1,21-24H2,2-9H3/t25-,26+,31-/m1/s1. The number of rotatable bonds is 6. The average molecular weight is 629 g/mol. The molecular formula is C36H48N4O4Si. The van der Waals surface area contributed by atoms with Gasteiger partial charge >= 0.3 is 6.09 Å². The smallest absolute Gasteiger partial charge is 0.410 e. The molecule has 2 amide bonds. The molecular weight excluding hydrogens is 581 g/mol. The number of nitrogens with zero attached hydrogens (tertiary/aromatic N) is 4. The Bertz CT molecular complexity index is 1500. The SMILES string of the molecule is C=C[C@@H](O[Si](c1ccccc1)(c1ccccc1)C(C)(C)C)[C@H]1CN(C)C(=O)c2c3c(nn2C1)C[C@@H](C)N(C(=O)OC(C)(C)C)C3. The molecule has 0 N–H and O–H groups in total. The quantitative estimate of drug-likeness (QED) is 0.270. The molecule has 5 rings (SSSR count). The van der Waals surface area contributed by atoms with E-state index in [1.807, 2.05) is 57.6 Å². The zero-order valence-corrected chi connectivity index (χ0v) is 29.0. The number of hydrogen-bond donors (Lipinski definition) is 0. The molecule has 3 heterocycles. The van der Waals surface area contributed by atoms with Gasteiger partial charge in [-0.3, -0.25) is 9.48 Å². The van der Waals surface area contributed by atoms with Crippen molar-refractivity contribution in [2.75, 3.05) is 13.6 Å². The van der Waals surface area contributed by atoms with Gasteiger partial charge in [0.2, 0.25) is 0 Å². The Balaban J connectivity index is 1.53. The van der Waals surface area contributed by atoms with E-state index in [2.05, 4.69) is 75.9 Å². The number of amides is 2. The molecule has 2 aliphatic rings. The largest absolute Gasteiger partial charge is 0.444 e. The van der Waals surface area contributed by atoms with Crippen molar-refractivity contribution in [1.29, 1.82) is 0 Å². The van der Waals surface area contributed by atoms with Crippen LogP contribution in [0.5, 0.6) is 0 Å². The summed E-state index contributed by atoms with van der Waals surface area (Å²) >= 11 is 0. The third kappa shape index (κ3) is 6.25. The number of benzene rings is 2. The fraction of sp³-hybridized carbons (Fsp3) is 0.472. The van der Waals surface area contributed by atoms with Crippen LogP contribution >= 0.6 is 0 Å². The summed E-state index contributed by atoms with van der Waals surface area (Å²) in [7, 11) is -1.05. The molecule has 0 aliphatic carbocycles. The Hall–Kier alpha value is -3.69. The summed E-state index contributed by atoms with van der Waals surface area (Å²) in [5, 5.41) is 7.18. The zero-order chi connectivity index (χ0) is 32.7. The van der Waals surface area contributed by atoms with Crippen molar-refractivity contribution in [2.24, 2.45) is 5.92 Å². The number of fused-ring (bicyclic) bond motifs is 3. The molecule has 240 valence electrons. The van der Waals surface area contributed by atoms with Crippen LogP contribution in [0.4, 0.5) is 4.79 Å². The van der Waals surface area contributed by atoms with Crippen molar-refractivity contribution in [2.45, 2.75) is 90.8 Å². The Morgan fingerprint density at radius 2 is 1.58 bits per heavy atom. The number of carbonyl (C=O) groups excluding carboxylic acids is 2. The minimum Gasteiger partial charge on any atom is -0.444 e. The van der Waals surface area contributed by atoms with Crippen LogP contribution in [-0.2, 0) is 28.7 Å². The van der Waals surface area contributed by atoms with E-state index in [9.17, 15) is 9.59 Å². The first-order valence-corrected chi connectivity index (χ1v) is 17.8. The highest BCUT2D eigenvalue weighted by molar-refractivity contribution is 6.99. The van der Waals surface area contributed by atoms with E-state index in [4.69, 9.17) is 14.3 Å². The van der Waals surface area contributed by atoms with Crippen molar-refractivity contribution in [3.05, 3.63) is 90.3 Å². The summed E-state index contributed by atoms with van der Waals surface area (Å²) in [6.45, 7) is 19.9. The first-order chi connectivity index (χ1) is 21.2. The van der Waals surface area contributed by atoms with E-state index in [0.717, 1.165) is 11.3 Å². The van der Waals surface area contributed by atoms with Gasteiger partial charge < -0.3 is 19.0 Å². The van der Waals surface area contributed by atoms with Crippen LogP contribution in [0.2, 0.25) is 5.04 Å². The monoisotopic (exact) mass is 628 g/mol. The van der Waals surface area contributed by atoms with Crippen LogP contribution in [0.3, 0.4) is 0 Å². The van der Waals surface area contributed by atoms with Crippen LogP contribution in [0.25, 0.3) is 0 Å². The number of carbonyl (C=O) groups is 2. The molecule has 3 aromatic rings. The summed E-state index contributed by atoms with van der Waals surface area (Å²) in [5.41, 5.74) is 1.60. The Morgan fingerprint density at radius 3 is 2.09 bits per heavy atom. The highest BCUT2D eigenvalue weighted by atomic mass is 28.4. The molecule has 45 heavy (non-hydrogen) atoms. The van der Waals surface area contributed by atoms with Gasteiger partial charge in [-0.25, -0.2) is 4.79 Å². The van der Waals surface area contributed by atoms with Gasteiger partial charge in [-0.2, -0.15) is 5.10 Å². The van der Waals surface area contributed by atoms with Gasteiger partial charge in [-0.05, 0) is 43.1 Å². The third-order valence-electron chi connectivity index (χ3n) is 9.00. The minimum absolute atomic E-state index is 0.0971. The van der Waals surface area contributed by atoms with Gasteiger partial charge in [0, 0.05) is 44.1 Å². The average Bonchev–Trinajstić information content (AvgIpc) is 3.26. The highest BCUT2D eigenvalue weighted by Crippen LogP contribution is 2.39. The summed E-state index contributed by atoms with van der Waals surface area (Å²) < 4.78 is 15.1. The molecule has 0 radical (unpaired) electrons. The maximum atomic E-state index is 14.0. The van der Waals surface area contributed by atoms with E-state index < -0.39 is 13.9 Å².